The van der Waals surface area contributed by atoms with E-state index < -0.39 is 21.2 Å². The summed E-state index contributed by atoms with van der Waals surface area (Å²) in [7, 11) is -2.56. The van der Waals surface area contributed by atoms with Gasteiger partial charge in [0.25, 0.3) is 0 Å². The summed E-state index contributed by atoms with van der Waals surface area (Å²) in [4.78, 5) is 25.2. The molecule has 0 saturated carbocycles. The predicted octanol–water partition coefficient (Wildman–Crippen LogP) is 0.175. The monoisotopic (exact) mass is 312 g/mol. The summed E-state index contributed by atoms with van der Waals surface area (Å²) >= 11 is 0. The van der Waals surface area contributed by atoms with E-state index in [9.17, 15) is 18.0 Å². The van der Waals surface area contributed by atoms with E-state index in [-0.39, 0.29) is 24.4 Å². The lowest BCUT2D eigenvalue weighted by atomic mass is 10.1. The fourth-order valence-electron chi connectivity index (χ4n) is 2.40. The number of carbonyl (C=O) groups is 2. The number of nitrogens with zero attached hydrogens (tertiary/aromatic N) is 1. The van der Waals surface area contributed by atoms with Crippen molar-refractivity contribution in [2.24, 2.45) is 5.14 Å². The molecule has 0 aromatic heterocycles. The van der Waals surface area contributed by atoms with Gasteiger partial charge in [0.15, 0.2) is 0 Å². The summed E-state index contributed by atoms with van der Waals surface area (Å²) in [6.07, 6.45) is -0.187. The Morgan fingerprint density at radius 1 is 1.43 bits per heavy atom. The number of rotatable bonds is 3. The number of para-hydroxylation sites is 1. The van der Waals surface area contributed by atoms with Crippen LogP contribution in [0, 0.1) is 6.92 Å². The Hall–Kier alpha value is -1.93. The molecule has 0 spiro atoms. The molecule has 1 aromatic carbocycles. The molecule has 114 valence electrons. The van der Waals surface area contributed by atoms with Crippen LogP contribution in [0.5, 0.6) is 0 Å². The van der Waals surface area contributed by atoms with Crippen LogP contribution in [0.15, 0.2) is 18.2 Å². The molecule has 1 amide bonds. The zero-order valence-electron chi connectivity index (χ0n) is 11.7. The first-order chi connectivity index (χ1) is 9.75. The Bertz CT molecular complexity index is 699. The number of amides is 1. The van der Waals surface area contributed by atoms with Crippen LogP contribution < -0.4 is 10.0 Å². The minimum Gasteiger partial charge on any atom is -0.465 e. The Morgan fingerprint density at radius 2 is 2.10 bits per heavy atom. The van der Waals surface area contributed by atoms with E-state index in [1.807, 2.05) is 0 Å². The second-order valence-electron chi connectivity index (χ2n) is 4.88. The van der Waals surface area contributed by atoms with Crippen molar-refractivity contribution < 1.29 is 22.7 Å². The summed E-state index contributed by atoms with van der Waals surface area (Å²) in [6, 6.07) is 4.94. The van der Waals surface area contributed by atoms with Gasteiger partial charge >= 0.3 is 5.97 Å². The van der Waals surface area contributed by atoms with Gasteiger partial charge in [0.1, 0.15) is 5.25 Å². The Morgan fingerprint density at radius 3 is 2.62 bits per heavy atom. The Kier molecular flexibility index (Phi) is 4.02. The number of ether oxygens (including phenoxy) is 1. The summed E-state index contributed by atoms with van der Waals surface area (Å²) < 4.78 is 27.5. The van der Waals surface area contributed by atoms with Gasteiger partial charge in [-0.1, -0.05) is 12.1 Å². The number of anilines is 1. The molecular weight excluding hydrogens is 296 g/mol. The van der Waals surface area contributed by atoms with Gasteiger partial charge in [-0.3, -0.25) is 4.79 Å². The molecule has 0 aliphatic carbocycles. The van der Waals surface area contributed by atoms with Crippen LogP contribution in [0.1, 0.15) is 22.3 Å². The summed E-state index contributed by atoms with van der Waals surface area (Å²) in [5.74, 6) is -0.964. The van der Waals surface area contributed by atoms with Gasteiger partial charge in [0.05, 0.1) is 18.4 Å². The van der Waals surface area contributed by atoms with E-state index in [0.717, 1.165) is 0 Å². The average molecular weight is 312 g/mol. The smallest absolute Gasteiger partial charge is 0.339 e. The highest BCUT2D eigenvalue weighted by atomic mass is 32.2. The van der Waals surface area contributed by atoms with E-state index in [1.165, 1.54) is 18.1 Å². The average Bonchev–Trinajstić information content (AvgIpc) is 2.79. The lowest BCUT2D eigenvalue weighted by Crippen LogP contribution is -2.33. The van der Waals surface area contributed by atoms with Crippen LogP contribution in [0.3, 0.4) is 0 Å². The minimum absolute atomic E-state index is 0.0630. The third-order valence-corrected chi connectivity index (χ3v) is 4.71. The highest BCUT2D eigenvalue weighted by Crippen LogP contribution is 2.31. The maximum absolute atomic E-state index is 12.1. The van der Waals surface area contributed by atoms with Gasteiger partial charge in [0, 0.05) is 13.0 Å². The summed E-state index contributed by atoms with van der Waals surface area (Å²) in [5.41, 5.74) is 1.28. The highest BCUT2D eigenvalue weighted by molar-refractivity contribution is 7.89. The van der Waals surface area contributed by atoms with Crippen LogP contribution in [0.25, 0.3) is 0 Å². The molecule has 1 aromatic rings. The van der Waals surface area contributed by atoms with Crippen molar-refractivity contribution in [2.45, 2.75) is 18.6 Å². The molecule has 1 aliphatic heterocycles. The molecule has 1 aliphatic rings. The summed E-state index contributed by atoms with van der Waals surface area (Å²) in [5, 5.41) is 4.14. The largest absolute Gasteiger partial charge is 0.465 e. The molecule has 0 bridgehead atoms. The van der Waals surface area contributed by atoms with E-state index >= 15 is 0 Å². The lowest BCUT2D eigenvalue weighted by Gasteiger charge is -2.21. The highest BCUT2D eigenvalue weighted by Gasteiger charge is 2.39. The second kappa shape index (κ2) is 5.45. The van der Waals surface area contributed by atoms with Gasteiger partial charge in [-0.2, -0.15) is 0 Å². The first kappa shape index (κ1) is 15.5. The van der Waals surface area contributed by atoms with Crippen molar-refractivity contribution in [1.29, 1.82) is 0 Å². The second-order valence-corrected chi connectivity index (χ2v) is 6.73. The summed E-state index contributed by atoms with van der Waals surface area (Å²) in [6.45, 7) is 1.67. The number of hydrogen-bond donors (Lipinski definition) is 1. The molecule has 8 heteroatoms. The topological polar surface area (TPSA) is 107 Å². The molecule has 21 heavy (non-hydrogen) atoms. The number of sulfonamides is 1. The van der Waals surface area contributed by atoms with Crippen molar-refractivity contribution >= 4 is 27.6 Å². The zero-order chi connectivity index (χ0) is 15.8. The van der Waals surface area contributed by atoms with Crippen LogP contribution in [-0.4, -0.2) is 39.2 Å². The van der Waals surface area contributed by atoms with E-state index in [0.29, 0.717) is 11.3 Å². The first-order valence-corrected chi connectivity index (χ1v) is 7.86. The van der Waals surface area contributed by atoms with Gasteiger partial charge in [0.2, 0.25) is 15.9 Å². The fourth-order valence-corrected chi connectivity index (χ4v) is 3.13. The van der Waals surface area contributed by atoms with Crippen molar-refractivity contribution in [3.8, 4) is 0 Å². The molecule has 1 fully saturated rings. The SMILES string of the molecule is COC(=O)c1cccc(C)c1N1CC(S(N)(=O)=O)CC1=O. The maximum atomic E-state index is 12.1. The minimum atomic E-state index is -3.81. The van der Waals surface area contributed by atoms with Crippen LogP contribution in [0.4, 0.5) is 5.69 Å². The molecule has 0 radical (unpaired) electrons. The number of esters is 1. The molecular formula is C13H16N2O5S. The van der Waals surface area contributed by atoms with Crippen LogP contribution in [0.2, 0.25) is 0 Å². The molecule has 1 heterocycles. The number of nitrogens with two attached hydrogens (primary N) is 1. The molecule has 1 unspecified atom stereocenters. The van der Waals surface area contributed by atoms with Gasteiger partial charge in [-0.25, -0.2) is 18.4 Å². The molecule has 1 saturated heterocycles. The number of hydrogen-bond acceptors (Lipinski definition) is 5. The molecule has 7 nitrogen and oxygen atoms in total. The van der Waals surface area contributed by atoms with Crippen molar-refractivity contribution in [1.82, 2.24) is 0 Å². The standard InChI is InChI=1S/C13H16N2O5S/c1-8-4-3-5-10(13(17)20-2)12(8)15-7-9(6-11(15)16)21(14,18)19/h3-5,9H,6-7H2,1-2H3,(H2,14,18,19). The Balaban J connectivity index is 2.48. The third kappa shape index (κ3) is 2.91. The van der Waals surface area contributed by atoms with Crippen LogP contribution >= 0.6 is 0 Å². The maximum Gasteiger partial charge on any atom is 0.339 e. The van der Waals surface area contributed by atoms with E-state index in [1.54, 1.807) is 19.1 Å². The molecule has 2 N–H and O–H groups in total. The number of methoxy groups -OCH3 is 1. The van der Waals surface area contributed by atoms with Crippen molar-refractivity contribution in [3.63, 3.8) is 0 Å². The predicted molar refractivity (Wildman–Crippen MR) is 76.4 cm³/mol. The van der Waals surface area contributed by atoms with E-state index in [4.69, 9.17) is 9.88 Å². The van der Waals surface area contributed by atoms with Gasteiger partial charge in [-0.05, 0) is 18.6 Å². The normalized spacial score (nSPS) is 18.9. The first-order valence-electron chi connectivity index (χ1n) is 6.25. The van der Waals surface area contributed by atoms with Crippen molar-refractivity contribution in [3.05, 3.63) is 29.3 Å². The zero-order valence-corrected chi connectivity index (χ0v) is 12.5. The number of primary sulfonamides is 1. The third-order valence-electron chi connectivity index (χ3n) is 3.47. The van der Waals surface area contributed by atoms with Crippen LogP contribution in [-0.2, 0) is 19.6 Å². The quantitative estimate of drug-likeness (QED) is 0.801. The van der Waals surface area contributed by atoms with Crippen molar-refractivity contribution in [2.75, 3.05) is 18.6 Å². The van der Waals surface area contributed by atoms with Gasteiger partial charge < -0.3 is 9.64 Å². The fraction of sp³-hybridized carbons (Fsp3) is 0.385. The number of carbonyl (C=O) groups excluding carboxylic acids is 2. The van der Waals surface area contributed by atoms with E-state index in [2.05, 4.69) is 0 Å². The Labute approximate surface area is 122 Å². The lowest BCUT2D eigenvalue weighted by molar-refractivity contribution is -0.117. The molecule has 2 rings (SSSR count). The van der Waals surface area contributed by atoms with Gasteiger partial charge in [-0.15, -0.1) is 0 Å². The number of benzene rings is 1. The molecule has 1 atom stereocenters. The number of aryl methyl sites for hydroxylation is 1.